The maximum absolute atomic E-state index is 13.9. The molecule has 0 saturated carbocycles. The van der Waals surface area contributed by atoms with E-state index < -0.39 is 0 Å². The Hall–Kier alpha value is -3.61. The molecule has 12 heteroatoms. The second kappa shape index (κ2) is 14.7. The topological polar surface area (TPSA) is 73.8 Å². The van der Waals surface area contributed by atoms with Crippen LogP contribution in [0.5, 0.6) is 0 Å². The number of nitrogens with one attached hydrogen (secondary N) is 1. The number of thiazole rings is 2. The van der Waals surface area contributed by atoms with Crippen molar-refractivity contribution in [2.75, 3.05) is 68.8 Å². The lowest BCUT2D eigenvalue weighted by Gasteiger charge is -2.34. The van der Waals surface area contributed by atoms with Crippen molar-refractivity contribution in [3.05, 3.63) is 70.9 Å². The number of anilines is 2. The predicted octanol–water partition coefficient (Wildman–Crippen LogP) is 6.22. The molecule has 43 heavy (non-hydrogen) atoms. The molecule has 0 unspecified atom stereocenters. The first-order valence-electron chi connectivity index (χ1n) is 14.4. The molecule has 0 radical (unpaired) electrons. The first-order chi connectivity index (χ1) is 20.9. The van der Waals surface area contributed by atoms with Crippen molar-refractivity contribution >= 4 is 39.0 Å². The van der Waals surface area contributed by atoms with E-state index in [0.717, 1.165) is 42.1 Å². The summed E-state index contributed by atoms with van der Waals surface area (Å²) in [7, 11) is 0. The number of nitrogens with zero attached hydrogens (tertiary/aromatic N) is 5. The van der Waals surface area contributed by atoms with Gasteiger partial charge in [0.25, 0.3) is 0 Å². The number of carbonyl (C=O) groups excluding carboxylic acids is 1. The Morgan fingerprint density at radius 3 is 1.79 bits per heavy atom. The van der Waals surface area contributed by atoms with E-state index in [1.54, 1.807) is 46.6 Å². The third kappa shape index (κ3) is 8.07. The second-order valence-corrected chi connectivity index (χ2v) is 12.3. The van der Waals surface area contributed by atoms with Gasteiger partial charge >= 0.3 is 6.09 Å². The minimum absolute atomic E-state index is 0.213. The maximum atomic E-state index is 13.9. The highest BCUT2D eigenvalue weighted by Gasteiger charge is 2.24. The number of amides is 1. The van der Waals surface area contributed by atoms with Crippen molar-refractivity contribution < 1.29 is 18.3 Å². The molecule has 228 valence electrons. The molecular weight excluding hydrogens is 591 g/mol. The van der Waals surface area contributed by atoms with Gasteiger partial charge in [0.1, 0.15) is 11.6 Å². The molecule has 2 aromatic carbocycles. The molecule has 6 rings (SSSR count). The Morgan fingerprint density at radius 2 is 1.30 bits per heavy atom. The van der Waals surface area contributed by atoms with Crippen LogP contribution >= 0.6 is 22.7 Å². The van der Waals surface area contributed by atoms with Gasteiger partial charge in [-0.15, -0.1) is 22.7 Å². The highest BCUT2D eigenvalue weighted by molar-refractivity contribution is 7.14. The Bertz CT molecular complexity index is 1480. The van der Waals surface area contributed by atoms with Gasteiger partial charge in [-0.05, 0) is 30.2 Å². The molecule has 0 atom stereocenters. The van der Waals surface area contributed by atoms with Crippen LogP contribution in [0.4, 0.5) is 23.8 Å². The summed E-state index contributed by atoms with van der Waals surface area (Å²) in [5.74, 6) is -0.149. The quantitative estimate of drug-likeness (QED) is 0.272. The van der Waals surface area contributed by atoms with E-state index in [1.165, 1.54) is 23.5 Å². The number of piperazine rings is 2. The first-order valence-corrected chi connectivity index (χ1v) is 16.2. The van der Waals surface area contributed by atoms with E-state index in [1.807, 2.05) is 30.7 Å². The van der Waals surface area contributed by atoms with Gasteiger partial charge in [-0.1, -0.05) is 38.1 Å². The molecule has 2 fully saturated rings. The average molecular weight is 627 g/mol. The second-order valence-electron chi connectivity index (χ2n) is 10.7. The number of rotatable bonds is 6. The zero-order valence-electron chi connectivity index (χ0n) is 24.3. The van der Waals surface area contributed by atoms with Crippen LogP contribution in [-0.2, 0) is 4.74 Å². The number of hydrogen-bond donors (Lipinski definition) is 1. The zero-order chi connectivity index (χ0) is 30.2. The van der Waals surface area contributed by atoms with Crippen LogP contribution < -0.4 is 15.1 Å². The summed E-state index contributed by atoms with van der Waals surface area (Å²) >= 11 is 3.08. The maximum Gasteiger partial charge on any atom is 0.409 e. The molecule has 2 aliphatic heterocycles. The van der Waals surface area contributed by atoms with Gasteiger partial charge in [-0.2, -0.15) is 0 Å². The molecule has 2 aliphatic rings. The van der Waals surface area contributed by atoms with E-state index in [0.29, 0.717) is 55.5 Å². The van der Waals surface area contributed by atoms with E-state index in [9.17, 15) is 13.6 Å². The van der Waals surface area contributed by atoms with Crippen molar-refractivity contribution in [1.29, 1.82) is 0 Å². The minimum Gasteiger partial charge on any atom is -0.449 e. The summed E-state index contributed by atoms with van der Waals surface area (Å²) in [5, 5.41) is 8.94. The van der Waals surface area contributed by atoms with Crippen molar-refractivity contribution in [3.8, 4) is 22.5 Å². The van der Waals surface area contributed by atoms with E-state index in [2.05, 4.69) is 25.1 Å². The number of hydrogen-bond acceptors (Lipinski definition) is 9. The minimum atomic E-state index is -0.267. The summed E-state index contributed by atoms with van der Waals surface area (Å²) in [6.07, 6.45) is -0.250. The van der Waals surface area contributed by atoms with Gasteiger partial charge in [0.05, 0.1) is 18.0 Å². The highest BCUT2D eigenvalue weighted by atomic mass is 32.1. The van der Waals surface area contributed by atoms with Crippen LogP contribution in [0, 0.1) is 17.6 Å². The van der Waals surface area contributed by atoms with E-state index >= 15 is 0 Å². The first kappa shape index (κ1) is 30.8. The average Bonchev–Trinajstić information content (AvgIpc) is 3.72. The lowest BCUT2D eigenvalue weighted by atomic mass is 10.2. The molecule has 2 aromatic heterocycles. The van der Waals surface area contributed by atoms with Crippen LogP contribution in [0.2, 0.25) is 0 Å². The van der Waals surface area contributed by atoms with Crippen LogP contribution in [0.15, 0.2) is 59.3 Å². The molecule has 0 bridgehead atoms. The summed E-state index contributed by atoms with van der Waals surface area (Å²) in [6.45, 7) is 11.0. The SMILES string of the molecule is CC(C)COC(=O)N1CCN(c2nc(-c3ccccc3F)cs2)CC1.Fc1ccccc1-c1csc(N2CCNCC2)n1. The van der Waals surface area contributed by atoms with Gasteiger partial charge in [0, 0.05) is 74.2 Å². The van der Waals surface area contributed by atoms with Crippen molar-refractivity contribution in [3.63, 3.8) is 0 Å². The van der Waals surface area contributed by atoms with Gasteiger partial charge in [-0.3, -0.25) is 0 Å². The fraction of sp³-hybridized carbons (Fsp3) is 0.387. The van der Waals surface area contributed by atoms with Gasteiger partial charge in [0.15, 0.2) is 10.3 Å². The lowest BCUT2D eigenvalue weighted by molar-refractivity contribution is 0.0901. The number of benzene rings is 2. The molecule has 4 heterocycles. The molecule has 1 N–H and O–H groups in total. The van der Waals surface area contributed by atoms with Crippen molar-refractivity contribution in [2.24, 2.45) is 5.92 Å². The van der Waals surface area contributed by atoms with Gasteiger partial charge in [0.2, 0.25) is 0 Å². The molecule has 0 aliphatic carbocycles. The van der Waals surface area contributed by atoms with Crippen LogP contribution in [-0.4, -0.2) is 79.9 Å². The van der Waals surface area contributed by atoms with E-state index in [-0.39, 0.29) is 17.7 Å². The van der Waals surface area contributed by atoms with Crippen LogP contribution in [0.25, 0.3) is 22.5 Å². The monoisotopic (exact) mass is 626 g/mol. The summed E-state index contributed by atoms with van der Waals surface area (Å²) in [6, 6.07) is 13.4. The lowest BCUT2D eigenvalue weighted by Crippen LogP contribution is -2.49. The number of carbonyl (C=O) groups is 1. The summed E-state index contributed by atoms with van der Waals surface area (Å²) in [4.78, 5) is 27.2. The third-order valence-electron chi connectivity index (χ3n) is 7.02. The molecule has 4 aromatic rings. The molecular formula is C31H36F2N6O2S2. The Morgan fingerprint density at radius 1 is 0.814 bits per heavy atom. The standard InChI is InChI=1S/C18H22FN3O2S.C13H14FN3S/c1-13(2)11-24-18(23)22-9-7-21(8-10-22)17-20-16(12-25-17)14-5-3-4-6-15(14)19;14-11-4-2-1-3-10(11)12-9-18-13(16-12)17-7-5-15-6-8-17/h3-6,12-13H,7-11H2,1-2H3;1-4,9,15H,5-8H2. The highest BCUT2D eigenvalue weighted by Crippen LogP contribution is 2.30. The van der Waals surface area contributed by atoms with Crippen molar-refractivity contribution in [2.45, 2.75) is 13.8 Å². The van der Waals surface area contributed by atoms with Crippen molar-refractivity contribution in [1.82, 2.24) is 20.2 Å². The third-order valence-corrected chi connectivity index (χ3v) is 8.82. The predicted molar refractivity (Wildman–Crippen MR) is 170 cm³/mol. The van der Waals surface area contributed by atoms with Gasteiger partial charge < -0.3 is 24.8 Å². The summed E-state index contributed by atoms with van der Waals surface area (Å²) in [5.41, 5.74) is 2.47. The largest absolute Gasteiger partial charge is 0.449 e. The molecule has 2 saturated heterocycles. The fourth-order valence-corrected chi connectivity index (χ4v) is 6.43. The molecule has 1 amide bonds. The Labute approximate surface area is 258 Å². The number of halogens is 2. The Balaban J connectivity index is 0.000000180. The fourth-order valence-electron chi connectivity index (χ4n) is 4.67. The Kier molecular flexibility index (Phi) is 10.6. The van der Waals surface area contributed by atoms with E-state index in [4.69, 9.17) is 4.74 Å². The zero-order valence-corrected chi connectivity index (χ0v) is 26.0. The summed E-state index contributed by atoms with van der Waals surface area (Å²) < 4.78 is 32.8. The van der Waals surface area contributed by atoms with Crippen LogP contribution in [0.1, 0.15) is 13.8 Å². The van der Waals surface area contributed by atoms with Crippen LogP contribution in [0.3, 0.4) is 0 Å². The molecule has 8 nitrogen and oxygen atoms in total. The normalized spacial score (nSPS) is 15.3. The molecule has 0 spiro atoms. The smallest absolute Gasteiger partial charge is 0.409 e. The number of aromatic nitrogens is 2. The van der Waals surface area contributed by atoms with Gasteiger partial charge in [-0.25, -0.2) is 23.5 Å². The number of ether oxygens (including phenoxy) is 1.